The minimum Gasteiger partial charge on any atom is -0.390 e. The van der Waals surface area contributed by atoms with Crippen molar-refractivity contribution in [1.82, 2.24) is 9.80 Å². The molecule has 0 aliphatic heterocycles. The van der Waals surface area contributed by atoms with E-state index in [4.69, 9.17) is 0 Å². The molecule has 0 radical (unpaired) electrons. The molecule has 0 heterocycles. The van der Waals surface area contributed by atoms with Crippen LogP contribution in [0.5, 0.6) is 0 Å². The molecule has 0 fully saturated rings. The second kappa shape index (κ2) is 14.6. The van der Waals surface area contributed by atoms with Crippen molar-refractivity contribution >= 4 is 8.80 Å². The van der Waals surface area contributed by atoms with Crippen LogP contribution in [0.2, 0.25) is 6.04 Å². The molecule has 0 aliphatic rings. The van der Waals surface area contributed by atoms with Crippen molar-refractivity contribution in [3.05, 3.63) is 0 Å². The summed E-state index contributed by atoms with van der Waals surface area (Å²) in [6.45, 7) is 4.69. The van der Waals surface area contributed by atoms with Crippen molar-refractivity contribution in [2.75, 3.05) is 122 Å². The highest BCUT2D eigenvalue weighted by atomic mass is 28.4. The summed E-state index contributed by atoms with van der Waals surface area (Å²) in [5.74, 6) is 0. The van der Waals surface area contributed by atoms with E-state index in [2.05, 4.69) is 9.80 Å². The van der Waals surface area contributed by atoms with Crippen molar-refractivity contribution in [2.45, 2.75) is 30.8 Å². The first-order valence-electron chi connectivity index (χ1n) is 12.6. The van der Waals surface area contributed by atoms with Gasteiger partial charge in [0.2, 0.25) is 0 Å². The zero-order valence-corrected chi connectivity index (χ0v) is 24.9. The predicted octanol–water partition coefficient (Wildman–Crippen LogP) is -2.90. The average Bonchev–Trinajstić information content (AvgIpc) is 2.52. The molecule has 0 aromatic heterocycles. The molecule has 35 heavy (non-hydrogen) atoms. The van der Waals surface area contributed by atoms with Crippen LogP contribution in [0.15, 0.2) is 0 Å². The van der Waals surface area contributed by atoms with E-state index in [1.54, 1.807) is 0 Å². The fraction of sp³-hybridized carbons (Fsp3) is 1.00. The van der Waals surface area contributed by atoms with Crippen LogP contribution >= 0.6 is 0 Å². The highest BCUT2D eigenvalue weighted by molar-refractivity contribution is 6.56. The van der Waals surface area contributed by atoms with Gasteiger partial charge in [0.1, 0.15) is 37.9 Å². The van der Waals surface area contributed by atoms with Crippen LogP contribution in [0.4, 0.5) is 0 Å². The van der Waals surface area contributed by atoms with Gasteiger partial charge < -0.3 is 43.2 Å². The molecule has 11 nitrogen and oxygen atoms in total. The summed E-state index contributed by atoms with van der Waals surface area (Å²) in [5, 5.41) is 32.0. The van der Waals surface area contributed by atoms with Crippen LogP contribution in [0, 0.1) is 0 Å². The summed E-state index contributed by atoms with van der Waals surface area (Å²) < 4.78 is 1.89. The van der Waals surface area contributed by atoms with Gasteiger partial charge >= 0.3 is 8.80 Å². The number of likely N-dealkylation sites (N-methyl/N-ethyl adjacent to an activating group) is 3. The number of nitrogens with zero attached hydrogens (tertiary/aromatic N) is 5. The quantitative estimate of drug-likeness (QED) is 0.0779. The SMILES string of the molecule is C[N+](C)(C)CC(O)CN(CCC[Si](O)(O)O)CCN(CC(O)C[N+](C)(C)C)CC(O)C[N+](C)(C)C. The Labute approximate surface area is 215 Å². The summed E-state index contributed by atoms with van der Waals surface area (Å²) in [6, 6.07) is -0.0525. The third kappa shape index (κ3) is 22.7. The van der Waals surface area contributed by atoms with Crippen LogP contribution < -0.4 is 0 Å². The average molecular weight is 529 g/mol. The lowest BCUT2D eigenvalue weighted by Crippen LogP contribution is -2.51. The van der Waals surface area contributed by atoms with Gasteiger partial charge in [-0.3, -0.25) is 9.80 Å². The van der Waals surface area contributed by atoms with E-state index in [1.807, 2.05) is 63.4 Å². The second-order valence-electron chi connectivity index (χ2n) is 13.3. The maximum absolute atomic E-state index is 10.7. The highest BCUT2D eigenvalue weighted by Crippen LogP contribution is 2.08. The Hall–Kier alpha value is -0.223. The Morgan fingerprint density at radius 1 is 0.543 bits per heavy atom. The zero-order chi connectivity index (χ0) is 27.7. The maximum Gasteiger partial charge on any atom is 0.492 e. The van der Waals surface area contributed by atoms with Crippen molar-refractivity contribution in [2.24, 2.45) is 0 Å². The molecule has 0 amide bonds. The minimum absolute atomic E-state index is 0.0525. The fourth-order valence-electron chi connectivity index (χ4n) is 4.34. The largest absolute Gasteiger partial charge is 0.492 e. The molecule has 0 aromatic rings. The standard InChI is InChI=1S/C23H58N5O6Si/c1-26(2,3)18-21(29)15-24(11-10-14-35(32,33)34)12-13-25(16-22(30)19-27(4,5)6)17-23(31)20-28(7,8)9/h21-23,29-34H,10-20H2,1-9H3/q+3. The Morgan fingerprint density at radius 3 is 1.17 bits per heavy atom. The lowest BCUT2D eigenvalue weighted by molar-refractivity contribution is -0.873. The first-order valence-corrected chi connectivity index (χ1v) is 14.7. The van der Waals surface area contributed by atoms with E-state index in [1.165, 1.54) is 0 Å². The molecule has 0 aliphatic carbocycles. The molecule has 0 saturated heterocycles. The van der Waals surface area contributed by atoms with Crippen molar-refractivity contribution < 1.29 is 43.2 Å². The maximum atomic E-state index is 10.7. The number of aliphatic hydroxyl groups excluding tert-OH is 3. The van der Waals surface area contributed by atoms with Gasteiger partial charge in [-0.1, -0.05) is 0 Å². The van der Waals surface area contributed by atoms with Crippen LogP contribution in [-0.4, -0.2) is 202 Å². The lowest BCUT2D eigenvalue weighted by atomic mass is 10.2. The highest BCUT2D eigenvalue weighted by Gasteiger charge is 2.28. The van der Waals surface area contributed by atoms with Crippen molar-refractivity contribution in [3.63, 3.8) is 0 Å². The molecule has 0 rings (SSSR count). The van der Waals surface area contributed by atoms with E-state index in [-0.39, 0.29) is 6.04 Å². The van der Waals surface area contributed by atoms with Gasteiger partial charge in [-0.25, -0.2) is 0 Å². The van der Waals surface area contributed by atoms with E-state index < -0.39 is 27.1 Å². The smallest absolute Gasteiger partial charge is 0.390 e. The summed E-state index contributed by atoms with van der Waals surface area (Å²) in [5.41, 5.74) is 0. The molecule has 6 N–H and O–H groups in total. The first-order chi connectivity index (χ1) is 15.5. The van der Waals surface area contributed by atoms with Crippen molar-refractivity contribution in [1.29, 1.82) is 0 Å². The molecule has 0 saturated carbocycles. The van der Waals surface area contributed by atoms with E-state index in [0.29, 0.717) is 78.8 Å². The number of quaternary nitrogens is 3. The second-order valence-corrected chi connectivity index (χ2v) is 15.4. The zero-order valence-electron chi connectivity index (χ0n) is 23.9. The molecule has 12 heteroatoms. The molecular weight excluding hydrogens is 470 g/mol. The fourth-order valence-corrected chi connectivity index (χ4v) is 4.97. The Morgan fingerprint density at radius 2 is 0.857 bits per heavy atom. The predicted molar refractivity (Wildman–Crippen MR) is 141 cm³/mol. The lowest BCUT2D eigenvalue weighted by Gasteiger charge is -2.35. The summed E-state index contributed by atoms with van der Waals surface area (Å²) in [7, 11) is 14.1. The Kier molecular flexibility index (Phi) is 14.6. The Balaban J connectivity index is 5.32. The molecule has 3 atom stereocenters. The minimum atomic E-state index is -4.11. The van der Waals surface area contributed by atoms with Crippen molar-refractivity contribution in [3.8, 4) is 0 Å². The summed E-state index contributed by atoms with van der Waals surface area (Å²) >= 11 is 0. The molecule has 0 aromatic carbocycles. The van der Waals surface area contributed by atoms with Gasteiger partial charge in [0.15, 0.2) is 0 Å². The van der Waals surface area contributed by atoms with E-state index in [0.717, 1.165) is 0 Å². The van der Waals surface area contributed by atoms with Gasteiger partial charge in [0.05, 0.1) is 63.4 Å². The topological polar surface area (TPSA) is 128 Å². The van der Waals surface area contributed by atoms with E-state index in [9.17, 15) is 29.7 Å². The number of hydrogen-bond donors (Lipinski definition) is 6. The molecule has 3 unspecified atom stereocenters. The van der Waals surface area contributed by atoms with Gasteiger partial charge in [-0.2, -0.15) is 0 Å². The third-order valence-corrected chi connectivity index (χ3v) is 6.43. The summed E-state index contributed by atoms with van der Waals surface area (Å²) in [6.07, 6.45) is -1.25. The number of aliphatic hydroxyl groups is 3. The van der Waals surface area contributed by atoms with Crippen LogP contribution in [0.3, 0.4) is 0 Å². The van der Waals surface area contributed by atoms with Crippen LogP contribution in [-0.2, 0) is 0 Å². The van der Waals surface area contributed by atoms with Crippen LogP contribution in [0.25, 0.3) is 0 Å². The summed E-state index contributed by atoms with van der Waals surface area (Å²) in [4.78, 5) is 32.3. The van der Waals surface area contributed by atoms with Gasteiger partial charge in [-0.15, -0.1) is 0 Å². The normalized spacial score (nSPS) is 16.7. The number of hydrogen-bond acceptors (Lipinski definition) is 8. The third-order valence-electron chi connectivity index (χ3n) is 5.40. The van der Waals surface area contributed by atoms with Gasteiger partial charge in [0.25, 0.3) is 0 Å². The monoisotopic (exact) mass is 528 g/mol. The van der Waals surface area contributed by atoms with Gasteiger partial charge in [0, 0.05) is 38.8 Å². The molecule has 0 spiro atoms. The van der Waals surface area contributed by atoms with Crippen LogP contribution in [0.1, 0.15) is 6.42 Å². The van der Waals surface area contributed by atoms with E-state index >= 15 is 0 Å². The molecule has 212 valence electrons. The van der Waals surface area contributed by atoms with Gasteiger partial charge in [-0.05, 0) is 13.0 Å². The number of rotatable bonds is 19. The first kappa shape index (κ1) is 34.8. The molecule has 0 bridgehead atoms. The molecular formula is C23H58N5O6Si+3. The Bertz CT molecular complexity index is 551.